The lowest BCUT2D eigenvalue weighted by atomic mass is 9.73. The minimum atomic E-state index is 0.0969. The Morgan fingerprint density at radius 1 is 1.38 bits per heavy atom. The van der Waals surface area contributed by atoms with Gasteiger partial charge in [-0.3, -0.25) is 14.5 Å². The molecule has 1 N–H and O–H groups in total. The number of thiophene rings is 1. The molecule has 0 radical (unpaired) electrons. The van der Waals surface area contributed by atoms with E-state index in [4.69, 9.17) is 0 Å². The first-order valence-corrected chi connectivity index (χ1v) is 9.77. The zero-order valence-electron chi connectivity index (χ0n) is 14.4. The molecule has 0 aromatic carbocycles. The SMILES string of the molecule is CCN1C[C@]2(CCCN(CC(=O)NCc3cccs3)C2)CCC1=O. The van der Waals surface area contributed by atoms with Crippen molar-refractivity contribution >= 4 is 23.2 Å². The Morgan fingerprint density at radius 2 is 2.25 bits per heavy atom. The van der Waals surface area contributed by atoms with Crippen LogP contribution in [0.3, 0.4) is 0 Å². The van der Waals surface area contributed by atoms with E-state index in [0.717, 1.165) is 39.0 Å². The fraction of sp³-hybridized carbons (Fsp3) is 0.667. The lowest BCUT2D eigenvalue weighted by Crippen LogP contribution is -2.55. The lowest BCUT2D eigenvalue weighted by molar-refractivity contribution is -0.139. The second-order valence-electron chi connectivity index (χ2n) is 7.08. The molecule has 2 aliphatic rings. The van der Waals surface area contributed by atoms with Gasteiger partial charge in [-0.1, -0.05) is 6.07 Å². The number of rotatable bonds is 5. The van der Waals surface area contributed by atoms with Gasteiger partial charge in [0.25, 0.3) is 0 Å². The summed E-state index contributed by atoms with van der Waals surface area (Å²) >= 11 is 1.67. The third-order valence-electron chi connectivity index (χ3n) is 5.28. The Hall–Kier alpha value is -1.40. The van der Waals surface area contributed by atoms with Gasteiger partial charge in [0.2, 0.25) is 11.8 Å². The Balaban J connectivity index is 1.51. The third kappa shape index (κ3) is 4.16. The van der Waals surface area contributed by atoms with Crippen molar-refractivity contribution in [2.75, 3.05) is 32.7 Å². The highest BCUT2D eigenvalue weighted by Gasteiger charge is 2.41. The Bertz CT molecular complexity index is 575. The summed E-state index contributed by atoms with van der Waals surface area (Å²) in [7, 11) is 0. The van der Waals surface area contributed by atoms with E-state index in [1.165, 1.54) is 11.3 Å². The van der Waals surface area contributed by atoms with Gasteiger partial charge in [0.1, 0.15) is 0 Å². The summed E-state index contributed by atoms with van der Waals surface area (Å²) in [5.41, 5.74) is 0.191. The molecular weight excluding hydrogens is 322 g/mol. The number of carbonyl (C=O) groups excluding carboxylic acids is 2. The number of likely N-dealkylation sites (tertiary alicyclic amines) is 2. The predicted molar refractivity (Wildman–Crippen MR) is 95.8 cm³/mol. The molecule has 1 aromatic rings. The van der Waals surface area contributed by atoms with E-state index >= 15 is 0 Å². The van der Waals surface area contributed by atoms with Gasteiger partial charge in [-0.2, -0.15) is 0 Å². The molecule has 132 valence electrons. The first-order chi connectivity index (χ1) is 11.6. The maximum Gasteiger partial charge on any atom is 0.234 e. The molecule has 3 rings (SSSR count). The van der Waals surface area contributed by atoms with Crippen molar-refractivity contribution < 1.29 is 9.59 Å². The van der Waals surface area contributed by atoms with Crippen LogP contribution in [0, 0.1) is 5.41 Å². The lowest BCUT2D eigenvalue weighted by Gasteiger charge is -2.48. The van der Waals surface area contributed by atoms with Crippen molar-refractivity contribution in [3.8, 4) is 0 Å². The van der Waals surface area contributed by atoms with E-state index < -0.39 is 0 Å². The topological polar surface area (TPSA) is 52.6 Å². The van der Waals surface area contributed by atoms with Crippen LogP contribution in [0.2, 0.25) is 0 Å². The minimum absolute atomic E-state index is 0.0969. The minimum Gasteiger partial charge on any atom is -0.350 e. The van der Waals surface area contributed by atoms with Gasteiger partial charge < -0.3 is 10.2 Å². The van der Waals surface area contributed by atoms with Crippen molar-refractivity contribution in [3.05, 3.63) is 22.4 Å². The highest BCUT2D eigenvalue weighted by molar-refractivity contribution is 7.09. The van der Waals surface area contributed by atoms with E-state index in [1.807, 2.05) is 22.4 Å². The molecule has 24 heavy (non-hydrogen) atoms. The monoisotopic (exact) mass is 349 g/mol. The van der Waals surface area contributed by atoms with E-state index in [-0.39, 0.29) is 17.2 Å². The number of carbonyl (C=O) groups is 2. The first kappa shape index (κ1) is 17.4. The van der Waals surface area contributed by atoms with E-state index in [2.05, 4.69) is 17.1 Å². The second kappa shape index (κ2) is 7.66. The summed E-state index contributed by atoms with van der Waals surface area (Å²) < 4.78 is 0. The highest BCUT2D eigenvalue weighted by atomic mass is 32.1. The molecule has 6 heteroatoms. The molecule has 0 unspecified atom stereocenters. The van der Waals surface area contributed by atoms with Crippen LogP contribution in [0.15, 0.2) is 17.5 Å². The molecule has 1 atom stereocenters. The number of nitrogens with one attached hydrogen (secondary N) is 1. The van der Waals surface area contributed by atoms with Crippen molar-refractivity contribution in [1.29, 1.82) is 0 Å². The van der Waals surface area contributed by atoms with E-state index in [0.29, 0.717) is 19.5 Å². The van der Waals surface area contributed by atoms with Gasteiger partial charge >= 0.3 is 0 Å². The normalized spacial score (nSPS) is 25.2. The fourth-order valence-electron chi connectivity index (χ4n) is 4.03. The molecule has 5 nitrogen and oxygen atoms in total. The summed E-state index contributed by atoms with van der Waals surface area (Å²) in [6.45, 7) is 6.70. The first-order valence-electron chi connectivity index (χ1n) is 8.89. The van der Waals surface area contributed by atoms with Crippen molar-refractivity contribution in [1.82, 2.24) is 15.1 Å². The van der Waals surface area contributed by atoms with Crippen LogP contribution in [-0.4, -0.2) is 54.3 Å². The van der Waals surface area contributed by atoms with Crippen LogP contribution >= 0.6 is 11.3 Å². The molecule has 3 heterocycles. The number of nitrogens with zero attached hydrogens (tertiary/aromatic N) is 2. The average molecular weight is 350 g/mol. The number of hydrogen-bond acceptors (Lipinski definition) is 4. The molecule has 2 fully saturated rings. The van der Waals surface area contributed by atoms with Gasteiger partial charge in [-0.25, -0.2) is 0 Å². The zero-order valence-corrected chi connectivity index (χ0v) is 15.2. The molecule has 2 amide bonds. The van der Waals surface area contributed by atoms with Crippen LogP contribution < -0.4 is 5.32 Å². The Kier molecular flexibility index (Phi) is 5.56. The Labute approximate surface area is 148 Å². The average Bonchev–Trinajstić information content (AvgIpc) is 3.09. The fourth-order valence-corrected chi connectivity index (χ4v) is 4.67. The van der Waals surface area contributed by atoms with E-state index in [1.54, 1.807) is 11.3 Å². The molecule has 1 aromatic heterocycles. The predicted octanol–water partition coefficient (Wildman–Crippen LogP) is 2.09. The van der Waals surface area contributed by atoms with Crippen LogP contribution in [-0.2, 0) is 16.1 Å². The standard InChI is InChI=1S/C18H27N3O2S/c1-2-21-14-18(8-6-17(21)23)7-4-9-20(13-18)12-16(22)19-11-15-5-3-10-24-15/h3,5,10H,2,4,6-9,11-14H2,1H3,(H,19,22)/t18-/m1/s1. The number of amides is 2. The Morgan fingerprint density at radius 3 is 3.00 bits per heavy atom. The molecule has 2 aliphatic heterocycles. The van der Waals surface area contributed by atoms with E-state index in [9.17, 15) is 9.59 Å². The molecule has 0 aliphatic carbocycles. The van der Waals surface area contributed by atoms with Gasteiger partial charge in [0.15, 0.2) is 0 Å². The van der Waals surface area contributed by atoms with Crippen LogP contribution in [0.1, 0.15) is 37.5 Å². The summed E-state index contributed by atoms with van der Waals surface area (Å²) in [6.07, 6.45) is 3.91. The zero-order chi connectivity index (χ0) is 17.0. The van der Waals surface area contributed by atoms with Gasteiger partial charge in [-0.15, -0.1) is 11.3 Å². The largest absolute Gasteiger partial charge is 0.350 e. The maximum atomic E-state index is 12.2. The summed E-state index contributed by atoms with van der Waals surface area (Å²) in [6, 6.07) is 4.05. The second-order valence-corrected chi connectivity index (χ2v) is 8.11. The van der Waals surface area contributed by atoms with Crippen LogP contribution in [0.5, 0.6) is 0 Å². The highest BCUT2D eigenvalue weighted by Crippen LogP contribution is 2.38. The van der Waals surface area contributed by atoms with Gasteiger partial charge in [-0.05, 0) is 44.2 Å². The number of hydrogen-bond donors (Lipinski definition) is 1. The summed E-state index contributed by atoms with van der Waals surface area (Å²) in [5, 5.41) is 5.04. The van der Waals surface area contributed by atoms with Gasteiger partial charge in [0, 0.05) is 36.3 Å². The molecule has 0 saturated carbocycles. The third-order valence-corrected chi connectivity index (χ3v) is 6.15. The van der Waals surface area contributed by atoms with Crippen LogP contribution in [0.25, 0.3) is 0 Å². The van der Waals surface area contributed by atoms with Crippen molar-refractivity contribution in [2.45, 2.75) is 39.2 Å². The number of piperidine rings is 2. The molecular formula is C18H27N3O2S. The molecule has 2 saturated heterocycles. The van der Waals surface area contributed by atoms with Crippen molar-refractivity contribution in [3.63, 3.8) is 0 Å². The summed E-state index contributed by atoms with van der Waals surface area (Å²) in [5.74, 6) is 0.383. The maximum absolute atomic E-state index is 12.2. The molecule has 0 bridgehead atoms. The quantitative estimate of drug-likeness (QED) is 0.886. The van der Waals surface area contributed by atoms with Crippen molar-refractivity contribution in [2.24, 2.45) is 5.41 Å². The smallest absolute Gasteiger partial charge is 0.234 e. The van der Waals surface area contributed by atoms with Crippen LogP contribution in [0.4, 0.5) is 0 Å². The molecule has 1 spiro atoms. The summed E-state index contributed by atoms with van der Waals surface area (Å²) in [4.78, 5) is 29.6. The van der Waals surface area contributed by atoms with Gasteiger partial charge in [0.05, 0.1) is 13.1 Å².